The van der Waals surface area contributed by atoms with Crippen molar-refractivity contribution < 1.29 is 0 Å². The summed E-state index contributed by atoms with van der Waals surface area (Å²) >= 11 is 1.45. The van der Waals surface area contributed by atoms with E-state index >= 15 is 0 Å². The van der Waals surface area contributed by atoms with E-state index in [2.05, 4.69) is 25.6 Å². The zero-order chi connectivity index (χ0) is 13.4. The maximum atomic E-state index is 4.45. The first kappa shape index (κ1) is 11.3. The summed E-state index contributed by atoms with van der Waals surface area (Å²) in [6.07, 6.45) is 3.63. The van der Waals surface area contributed by atoms with Crippen LogP contribution in [0.4, 0.5) is 0 Å². The molecule has 0 unspecified atom stereocenters. The number of nitrogens with zero attached hydrogens (tertiary/aromatic N) is 3. The van der Waals surface area contributed by atoms with Gasteiger partial charge in [-0.1, -0.05) is 18.2 Å². The Balaban J connectivity index is 1.99. The second kappa shape index (κ2) is 4.54. The molecular formula is C15H10N4S. The lowest BCUT2D eigenvalue weighted by Crippen LogP contribution is -1.87. The molecule has 5 heteroatoms. The molecular weight excluding hydrogens is 268 g/mol. The van der Waals surface area contributed by atoms with Crippen LogP contribution in [-0.2, 0) is 0 Å². The Hall–Kier alpha value is -2.53. The highest BCUT2D eigenvalue weighted by Crippen LogP contribution is 2.33. The van der Waals surface area contributed by atoms with Gasteiger partial charge in [0.1, 0.15) is 5.69 Å². The molecule has 1 N–H and O–H groups in total. The molecule has 0 saturated carbocycles. The summed E-state index contributed by atoms with van der Waals surface area (Å²) in [6, 6.07) is 12.1. The smallest absolute Gasteiger partial charge is 0.102 e. The van der Waals surface area contributed by atoms with Crippen molar-refractivity contribution in [2.24, 2.45) is 0 Å². The van der Waals surface area contributed by atoms with Gasteiger partial charge in [0, 0.05) is 34.3 Å². The molecule has 0 saturated heterocycles. The number of pyridine rings is 1. The maximum absolute atomic E-state index is 4.45. The van der Waals surface area contributed by atoms with Crippen LogP contribution in [-0.4, -0.2) is 19.6 Å². The van der Waals surface area contributed by atoms with Gasteiger partial charge in [0.15, 0.2) is 0 Å². The summed E-state index contributed by atoms with van der Waals surface area (Å²) in [5.74, 6) is 0. The minimum atomic E-state index is 0.914. The molecule has 0 radical (unpaired) electrons. The summed E-state index contributed by atoms with van der Waals surface area (Å²) in [6.45, 7) is 0. The largest absolute Gasteiger partial charge is 0.277 e. The van der Waals surface area contributed by atoms with Crippen molar-refractivity contribution in [3.63, 3.8) is 0 Å². The second-order valence-corrected chi connectivity index (χ2v) is 5.09. The van der Waals surface area contributed by atoms with Gasteiger partial charge in [-0.3, -0.25) is 10.1 Å². The highest BCUT2D eigenvalue weighted by molar-refractivity contribution is 7.03. The van der Waals surface area contributed by atoms with Crippen molar-refractivity contribution in [1.29, 1.82) is 0 Å². The Bertz CT molecular complexity index is 864. The molecule has 4 aromatic rings. The molecule has 96 valence electrons. The van der Waals surface area contributed by atoms with Crippen LogP contribution in [0.1, 0.15) is 0 Å². The first-order chi connectivity index (χ1) is 9.93. The van der Waals surface area contributed by atoms with Gasteiger partial charge in [0.25, 0.3) is 0 Å². The second-order valence-electron chi connectivity index (χ2n) is 4.42. The van der Waals surface area contributed by atoms with E-state index in [0.29, 0.717) is 0 Å². The molecule has 0 amide bonds. The number of rotatable bonds is 2. The van der Waals surface area contributed by atoms with E-state index in [1.165, 1.54) is 11.5 Å². The maximum Gasteiger partial charge on any atom is 0.102 e. The van der Waals surface area contributed by atoms with Crippen LogP contribution in [0.15, 0.2) is 54.2 Å². The van der Waals surface area contributed by atoms with E-state index < -0.39 is 0 Å². The van der Waals surface area contributed by atoms with Gasteiger partial charge in [-0.2, -0.15) is 9.47 Å². The SMILES string of the molecule is c1ccc2c(-c3cnccc3-c3ccsn3)n[nH]c2c1. The molecule has 1 aromatic carbocycles. The molecule has 0 bridgehead atoms. The molecule has 4 nitrogen and oxygen atoms in total. The Labute approximate surface area is 119 Å². The van der Waals surface area contributed by atoms with Gasteiger partial charge < -0.3 is 0 Å². The van der Waals surface area contributed by atoms with E-state index in [-0.39, 0.29) is 0 Å². The van der Waals surface area contributed by atoms with E-state index in [9.17, 15) is 0 Å². The van der Waals surface area contributed by atoms with Crippen molar-refractivity contribution in [2.45, 2.75) is 0 Å². The summed E-state index contributed by atoms with van der Waals surface area (Å²) in [7, 11) is 0. The Morgan fingerprint density at radius 2 is 1.95 bits per heavy atom. The molecule has 0 spiro atoms. The van der Waals surface area contributed by atoms with Crippen molar-refractivity contribution in [3.05, 3.63) is 54.2 Å². The number of fused-ring (bicyclic) bond motifs is 1. The quantitative estimate of drug-likeness (QED) is 0.607. The van der Waals surface area contributed by atoms with Crippen molar-refractivity contribution >= 4 is 22.4 Å². The Morgan fingerprint density at radius 3 is 2.85 bits per heavy atom. The fraction of sp³-hybridized carbons (Fsp3) is 0. The summed E-state index contributed by atoms with van der Waals surface area (Å²) in [5, 5.41) is 10.6. The average Bonchev–Trinajstić information content (AvgIpc) is 3.17. The first-order valence-corrected chi connectivity index (χ1v) is 7.05. The van der Waals surface area contributed by atoms with Gasteiger partial charge in [-0.15, -0.1) is 0 Å². The summed E-state index contributed by atoms with van der Waals surface area (Å²) in [4.78, 5) is 4.24. The predicted molar refractivity (Wildman–Crippen MR) is 80.4 cm³/mol. The minimum absolute atomic E-state index is 0.914. The van der Waals surface area contributed by atoms with Gasteiger partial charge >= 0.3 is 0 Å². The number of aromatic amines is 1. The topological polar surface area (TPSA) is 54.5 Å². The molecule has 0 atom stereocenters. The third kappa shape index (κ3) is 1.71. The number of benzene rings is 1. The Kier molecular flexibility index (Phi) is 2.57. The van der Waals surface area contributed by atoms with E-state index in [4.69, 9.17) is 0 Å². The molecule has 0 aliphatic heterocycles. The number of para-hydroxylation sites is 1. The van der Waals surface area contributed by atoms with Crippen molar-refractivity contribution in [2.75, 3.05) is 0 Å². The fourth-order valence-corrected chi connectivity index (χ4v) is 2.85. The predicted octanol–water partition coefficient (Wildman–Crippen LogP) is 3.75. The van der Waals surface area contributed by atoms with Gasteiger partial charge in [-0.05, 0) is 29.7 Å². The van der Waals surface area contributed by atoms with E-state index in [1.807, 2.05) is 41.9 Å². The number of H-pyrrole nitrogens is 1. The lowest BCUT2D eigenvalue weighted by Gasteiger charge is -2.04. The van der Waals surface area contributed by atoms with Crippen molar-refractivity contribution in [1.82, 2.24) is 19.6 Å². The standard InChI is InChI=1S/C15H10N4S/c1-2-4-13-11(3-1)15(18-17-13)12-9-16-7-5-10(12)14-6-8-20-19-14/h1-9H,(H,17,18). The van der Waals surface area contributed by atoms with Gasteiger partial charge in [0.2, 0.25) is 0 Å². The Morgan fingerprint density at radius 1 is 1.00 bits per heavy atom. The summed E-state index contributed by atoms with van der Waals surface area (Å²) in [5.41, 5.74) is 4.95. The van der Waals surface area contributed by atoms with Crippen LogP contribution in [0.25, 0.3) is 33.4 Å². The summed E-state index contributed by atoms with van der Waals surface area (Å²) < 4.78 is 4.41. The van der Waals surface area contributed by atoms with Crippen LogP contribution < -0.4 is 0 Å². The molecule has 3 aromatic heterocycles. The van der Waals surface area contributed by atoms with Crippen LogP contribution in [0.2, 0.25) is 0 Å². The molecule has 4 rings (SSSR count). The van der Waals surface area contributed by atoms with Crippen LogP contribution >= 0.6 is 11.5 Å². The van der Waals surface area contributed by atoms with Crippen LogP contribution in [0.3, 0.4) is 0 Å². The highest BCUT2D eigenvalue weighted by Gasteiger charge is 2.14. The van der Waals surface area contributed by atoms with E-state index in [1.54, 1.807) is 6.20 Å². The molecule has 0 aliphatic rings. The third-order valence-corrected chi connectivity index (χ3v) is 3.82. The lowest BCUT2D eigenvalue weighted by atomic mass is 10.0. The first-order valence-electron chi connectivity index (χ1n) is 6.22. The number of aromatic nitrogens is 4. The zero-order valence-electron chi connectivity index (χ0n) is 10.4. The number of nitrogens with one attached hydrogen (secondary N) is 1. The number of hydrogen-bond acceptors (Lipinski definition) is 4. The third-order valence-electron chi connectivity index (χ3n) is 3.26. The zero-order valence-corrected chi connectivity index (χ0v) is 11.3. The van der Waals surface area contributed by atoms with Crippen LogP contribution in [0, 0.1) is 0 Å². The van der Waals surface area contributed by atoms with Gasteiger partial charge in [-0.25, -0.2) is 0 Å². The monoisotopic (exact) mass is 278 g/mol. The average molecular weight is 278 g/mol. The van der Waals surface area contributed by atoms with Crippen LogP contribution in [0.5, 0.6) is 0 Å². The van der Waals surface area contributed by atoms with Gasteiger partial charge in [0.05, 0.1) is 11.2 Å². The van der Waals surface area contributed by atoms with E-state index in [0.717, 1.165) is 33.4 Å². The molecule has 0 aliphatic carbocycles. The van der Waals surface area contributed by atoms with Crippen molar-refractivity contribution in [3.8, 4) is 22.5 Å². The highest BCUT2D eigenvalue weighted by atomic mass is 32.1. The number of hydrogen-bond donors (Lipinski definition) is 1. The fourth-order valence-electron chi connectivity index (χ4n) is 2.33. The molecule has 0 fully saturated rings. The molecule has 20 heavy (non-hydrogen) atoms. The lowest BCUT2D eigenvalue weighted by molar-refractivity contribution is 1.12. The normalized spacial score (nSPS) is 11.0. The minimum Gasteiger partial charge on any atom is -0.277 e. The molecule has 3 heterocycles.